The smallest absolute Gasteiger partial charge is 0.121 e. The molecule has 0 atom stereocenters. The SMILES string of the molecule is COc1ccc(-c2ncc(C#N)cc2C)cc1C. The molecule has 0 aliphatic rings. The highest BCUT2D eigenvalue weighted by atomic mass is 16.5. The normalized spacial score (nSPS) is 9.89. The van der Waals surface area contributed by atoms with E-state index in [4.69, 9.17) is 10.00 Å². The van der Waals surface area contributed by atoms with Crippen LogP contribution in [0.3, 0.4) is 0 Å². The number of nitriles is 1. The molecule has 0 radical (unpaired) electrons. The summed E-state index contributed by atoms with van der Waals surface area (Å²) < 4.78 is 5.24. The summed E-state index contributed by atoms with van der Waals surface area (Å²) in [5, 5.41) is 8.83. The first-order chi connectivity index (χ1) is 8.65. The van der Waals surface area contributed by atoms with Crippen molar-refractivity contribution in [2.24, 2.45) is 0 Å². The lowest BCUT2D eigenvalue weighted by Crippen LogP contribution is -1.92. The lowest BCUT2D eigenvalue weighted by molar-refractivity contribution is 0.412. The second kappa shape index (κ2) is 4.89. The molecule has 0 aliphatic heterocycles. The molecule has 0 bridgehead atoms. The molecule has 0 fully saturated rings. The Hall–Kier alpha value is -2.34. The van der Waals surface area contributed by atoms with Gasteiger partial charge in [-0.1, -0.05) is 0 Å². The first-order valence-corrected chi connectivity index (χ1v) is 5.67. The van der Waals surface area contributed by atoms with Crippen molar-refractivity contribution < 1.29 is 4.74 Å². The number of nitrogens with zero attached hydrogens (tertiary/aromatic N) is 2. The van der Waals surface area contributed by atoms with Crippen molar-refractivity contribution in [1.82, 2.24) is 4.98 Å². The van der Waals surface area contributed by atoms with Crippen molar-refractivity contribution in [3.8, 4) is 23.1 Å². The maximum absolute atomic E-state index is 8.83. The molecule has 0 unspecified atom stereocenters. The molecule has 18 heavy (non-hydrogen) atoms. The van der Waals surface area contributed by atoms with Crippen LogP contribution in [-0.4, -0.2) is 12.1 Å². The van der Waals surface area contributed by atoms with Gasteiger partial charge >= 0.3 is 0 Å². The van der Waals surface area contributed by atoms with E-state index in [9.17, 15) is 0 Å². The van der Waals surface area contributed by atoms with Crippen molar-refractivity contribution in [2.75, 3.05) is 7.11 Å². The quantitative estimate of drug-likeness (QED) is 0.806. The summed E-state index contributed by atoms with van der Waals surface area (Å²) in [5.74, 6) is 0.866. The predicted octanol–water partition coefficient (Wildman–Crippen LogP) is 3.25. The minimum atomic E-state index is 0.585. The van der Waals surface area contributed by atoms with Crippen LogP contribution in [0.15, 0.2) is 30.5 Å². The van der Waals surface area contributed by atoms with E-state index in [1.54, 1.807) is 13.3 Å². The van der Waals surface area contributed by atoms with E-state index in [0.29, 0.717) is 5.56 Å². The molecule has 0 amide bonds. The summed E-state index contributed by atoms with van der Waals surface area (Å²) >= 11 is 0. The Bertz CT molecular complexity index is 627. The molecule has 1 aromatic heterocycles. The highest BCUT2D eigenvalue weighted by Gasteiger charge is 2.07. The fourth-order valence-electron chi connectivity index (χ4n) is 1.96. The van der Waals surface area contributed by atoms with Crippen LogP contribution in [0, 0.1) is 25.2 Å². The highest BCUT2D eigenvalue weighted by Crippen LogP contribution is 2.26. The second-order valence-corrected chi connectivity index (χ2v) is 4.19. The summed E-state index contributed by atoms with van der Waals surface area (Å²) in [7, 11) is 1.66. The molecular weight excluding hydrogens is 224 g/mol. The van der Waals surface area contributed by atoms with Crippen molar-refractivity contribution >= 4 is 0 Å². The van der Waals surface area contributed by atoms with E-state index >= 15 is 0 Å². The van der Waals surface area contributed by atoms with Gasteiger partial charge in [0.1, 0.15) is 11.8 Å². The van der Waals surface area contributed by atoms with E-state index in [-0.39, 0.29) is 0 Å². The average Bonchev–Trinajstić information content (AvgIpc) is 2.38. The van der Waals surface area contributed by atoms with E-state index in [0.717, 1.165) is 28.1 Å². The first-order valence-electron chi connectivity index (χ1n) is 5.67. The van der Waals surface area contributed by atoms with Crippen LogP contribution in [0.5, 0.6) is 5.75 Å². The molecule has 0 N–H and O–H groups in total. The number of rotatable bonds is 2. The molecule has 0 spiro atoms. The van der Waals surface area contributed by atoms with Crippen LogP contribution >= 0.6 is 0 Å². The van der Waals surface area contributed by atoms with Crippen molar-refractivity contribution in [3.63, 3.8) is 0 Å². The van der Waals surface area contributed by atoms with Crippen molar-refractivity contribution in [2.45, 2.75) is 13.8 Å². The molecule has 0 aliphatic carbocycles. The summed E-state index contributed by atoms with van der Waals surface area (Å²) in [6, 6.07) is 9.90. The molecule has 2 aromatic rings. The lowest BCUT2D eigenvalue weighted by Gasteiger charge is -2.09. The number of methoxy groups -OCH3 is 1. The number of hydrogen-bond donors (Lipinski definition) is 0. The zero-order valence-corrected chi connectivity index (χ0v) is 10.7. The Morgan fingerprint density at radius 1 is 1.17 bits per heavy atom. The van der Waals surface area contributed by atoms with Crippen LogP contribution in [0.4, 0.5) is 0 Å². The van der Waals surface area contributed by atoms with Gasteiger partial charge in [-0.3, -0.25) is 4.98 Å². The Kier molecular flexibility index (Phi) is 3.29. The second-order valence-electron chi connectivity index (χ2n) is 4.19. The Morgan fingerprint density at radius 2 is 1.94 bits per heavy atom. The van der Waals surface area contributed by atoms with Gasteiger partial charge < -0.3 is 4.74 Å². The van der Waals surface area contributed by atoms with Crippen LogP contribution in [0.25, 0.3) is 11.3 Å². The number of hydrogen-bond acceptors (Lipinski definition) is 3. The van der Waals surface area contributed by atoms with Crippen LogP contribution in [-0.2, 0) is 0 Å². The molecule has 90 valence electrons. The van der Waals surface area contributed by atoms with Crippen LogP contribution in [0.1, 0.15) is 16.7 Å². The topological polar surface area (TPSA) is 45.9 Å². The molecule has 2 rings (SSSR count). The fraction of sp³-hybridized carbons (Fsp3) is 0.200. The van der Waals surface area contributed by atoms with Gasteiger partial charge in [-0.05, 0) is 49.2 Å². The van der Waals surface area contributed by atoms with Crippen LogP contribution in [0.2, 0.25) is 0 Å². The number of aryl methyl sites for hydroxylation is 2. The summed E-state index contributed by atoms with van der Waals surface area (Å²) in [4.78, 5) is 4.35. The monoisotopic (exact) mass is 238 g/mol. The van der Waals surface area contributed by atoms with E-state index in [1.165, 1.54) is 0 Å². The Labute approximate surface area is 107 Å². The molecular formula is C15H14N2O. The van der Waals surface area contributed by atoms with Crippen molar-refractivity contribution in [1.29, 1.82) is 5.26 Å². The number of pyridine rings is 1. The molecule has 0 saturated heterocycles. The van der Waals surface area contributed by atoms with Crippen molar-refractivity contribution in [3.05, 3.63) is 47.2 Å². The standard InChI is InChI=1S/C15H14N2O/c1-10-7-13(4-5-14(10)18-3)15-11(2)6-12(8-16)9-17-15/h4-7,9H,1-3H3. The third-order valence-electron chi connectivity index (χ3n) is 2.88. The molecule has 1 heterocycles. The summed E-state index contributed by atoms with van der Waals surface area (Å²) in [5.41, 5.74) is 4.59. The van der Waals surface area contributed by atoms with E-state index in [1.807, 2.05) is 38.1 Å². The van der Waals surface area contributed by atoms with Gasteiger partial charge in [-0.15, -0.1) is 0 Å². The fourth-order valence-corrected chi connectivity index (χ4v) is 1.96. The summed E-state index contributed by atoms with van der Waals surface area (Å²) in [6.07, 6.45) is 1.60. The molecule has 1 aromatic carbocycles. The Morgan fingerprint density at radius 3 is 2.50 bits per heavy atom. The lowest BCUT2D eigenvalue weighted by atomic mass is 10.0. The zero-order valence-electron chi connectivity index (χ0n) is 10.7. The number of aromatic nitrogens is 1. The molecule has 3 nitrogen and oxygen atoms in total. The minimum absolute atomic E-state index is 0.585. The zero-order chi connectivity index (χ0) is 13.1. The third-order valence-corrected chi connectivity index (χ3v) is 2.88. The number of benzene rings is 1. The largest absolute Gasteiger partial charge is 0.496 e. The Balaban J connectivity index is 2.49. The minimum Gasteiger partial charge on any atom is -0.496 e. The average molecular weight is 238 g/mol. The van der Waals surface area contributed by atoms with Gasteiger partial charge in [0, 0.05) is 11.8 Å². The highest BCUT2D eigenvalue weighted by molar-refractivity contribution is 5.65. The van der Waals surface area contributed by atoms with Gasteiger partial charge in [0.2, 0.25) is 0 Å². The maximum Gasteiger partial charge on any atom is 0.121 e. The first kappa shape index (κ1) is 12.1. The van der Waals surface area contributed by atoms with E-state index in [2.05, 4.69) is 11.1 Å². The van der Waals surface area contributed by atoms with Gasteiger partial charge in [-0.2, -0.15) is 5.26 Å². The number of ether oxygens (including phenoxy) is 1. The van der Waals surface area contributed by atoms with E-state index < -0.39 is 0 Å². The third kappa shape index (κ3) is 2.18. The van der Waals surface area contributed by atoms with Gasteiger partial charge in [-0.25, -0.2) is 0 Å². The molecule has 3 heteroatoms. The van der Waals surface area contributed by atoms with Gasteiger partial charge in [0.05, 0.1) is 18.4 Å². The van der Waals surface area contributed by atoms with Gasteiger partial charge in [0.15, 0.2) is 0 Å². The summed E-state index contributed by atoms with van der Waals surface area (Å²) in [6.45, 7) is 3.96. The van der Waals surface area contributed by atoms with Gasteiger partial charge in [0.25, 0.3) is 0 Å². The predicted molar refractivity (Wildman–Crippen MR) is 70.4 cm³/mol. The molecule has 0 saturated carbocycles. The van der Waals surface area contributed by atoms with Crippen LogP contribution < -0.4 is 4.74 Å². The maximum atomic E-state index is 8.83.